The fourth-order valence-electron chi connectivity index (χ4n) is 4.54. The minimum absolute atomic E-state index is 0.306. The van der Waals surface area contributed by atoms with E-state index in [1.807, 2.05) is 6.92 Å². The van der Waals surface area contributed by atoms with Gasteiger partial charge in [0.2, 0.25) is 0 Å². The molecule has 1 heterocycles. The third-order valence-corrected chi connectivity index (χ3v) is 5.77. The lowest BCUT2D eigenvalue weighted by atomic mass is 9.68. The van der Waals surface area contributed by atoms with E-state index in [0.717, 1.165) is 17.3 Å². The molecule has 2 aliphatic carbocycles. The Morgan fingerprint density at radius 3 is 2.55 bits per heavy atom. The Bertz CT molecular complexity index is 522. The van der Waals surface area contributed by atoms with Crippen molar-refractivity contribution in [3.63, 3.8) is 0 Å². The second kappa shape index (κ2) is 4.32. The van der Waals surface area contributed by atoms with E-state index in [1.165, 1.54) is 19.3 Å². The van der Waals surface area contributed by atoms with Gasteiger partial charge in [-0.15, -0.1) is 0 Å². The van der Waals surface area contributed by atoms with Crippen LogP contribution < -0.4 is 16.6 Å². The Morgan fingerprint density at radius 2 is 1.95 bits per heavy atom. The van der Waals surface area contributed by atoms with Gasteiger partial charge >= 0.3 is 0 Å². The van der Waals surface area contributed by atoms with Crippen molar-refractivity contribution in [3.8, 4) is 0 Å². The highest BCUT2D eigenvalue weighted by molar-refractivity contribution is 5.56. The predicted octanol–water partition coefficient (Wildman–Crippen LogP) is 2.70. The van der Waals surface area contributed by atoms with Crippen LogP contribution in [0.2, 0.25) is 0 Å². The zero-order valence-electron chi connectivity index (χ0n) is 12.8. The average Bonchev–Trinajstić information content (AvgIpc) is 2.87. The number of nitrogen functional groups attached to an aromatic ring is 1. The standard InChI is InChI=1S/C15H25N5/c1-9-11(17-8-18-12(9)20-16)19-13-14(2,3)10-5-6-15(13,4)7-10/h8,10,13H,5-7,16H2,1-4H3,(H2,17,18,19,20). The molecule has 0 aliphatic heterocycles. The SMILES string of the molecule is Cc1c(NN)ncnc1NC1C2(C)CCC(C2)C1(C)C. The Kier molecular flexibility index (Phi) is 2.94. The molecular formula is C15H25N5. The van der Waals surface area contributed by atoms with E-state index >= 15 is 0 Å². The monoisotopic (exact) mass is 275 g/mol. The van der Waals surface area contributed by atoms with Crippen LogP contribution in [0.1, 0.15) is 45.6 Å². The summed E-state index contributed by atoms with van der Waals surface area (Å²) in [5.41, 5.74) is 4.30. The van der Waals surface area contributed by atoms with E-state index < -0.39 is 0 Å². The molecule has 2 aliphatic rings. The number of fused-ring (bicyclic) bond motifs is 2. The van der Waals surface area contributed by atoms with Crippen LogP contribution in [0.3, 0.4) is 0 Å². The summed E-state index contributed by atoms with van der Waals surface area (Å²) in [5, 5.41) is 3.70. The maximum absolute atomic E-state index is 5.50. The van der Waals surface area contributed by atoms with Gasteiger partial charge in [0, 0.05) is 11.6 Å². The van der Waals surface area contributed by atoms with Gasteiger partial charge < -0.3 is 10.7 Å². The van der Waals surface area contributed by atoms with Crippen molar-refractivity contribution in [2.45, 2.75) is 53.0 Å². The molecule has 4 N–H and O–H groups in total. The van der Waals surface area contributed by atoms with Crippen LogP contribution in [0.4, 0.5) is 11.6 Å². The minimum atomic E-state index is 0.306. The van der Waals surface area contributed by atoms with Gasteiger partial charge in [0.1, 0.15) is 18.0 Å². The summed E-state index contributed by atoms with van der Waals surface area (Å²) in [4.78, 5) is 8.56. The summed E-state index contributed by atoms with van der Waals surface area (Å²) in [7, 11) is 0. The van der Waals surface area contributed by atoms with Crippen LogP contribution in [-0.4, -0.2) is 16.0 Å². The van der Waals surface area contributed by atoms with Gasteiger partial charge in [-0.2, -0.15) is 0 Å². The van der Waals surface area contributed by atoms with Gasteiger partial charge in [0.05, 0.1) is 0 Å². The maximum atomic E-state index is 5.50. The molecule has 3 atom stereocenters. The van der Waals surface area contributed by atoms with E-state index in [0.29, 0.717) is 22.7 Å². The number of nitrogens with two attached hydrogens (primary N) is 1. The lowest BCUT2D eigenvalue weighted by Gasteiger charge is -2.43. The first-order valence-electron chi connectivity index (χ1n) is 7.43. The number of hydrazine groups is 1. The summed E-state index contributed by atoms with van der Waals surface area (Å²) in [6.45, 7) is 9.19. The summed E-state index contributed by atoms with van der Waals surface area (Å²) >= 11 is 0. The van der Waals surface area contributed by atoms with E-state index in [-0.39, 0.29) is 0 Å². The number of anilines is 2. The Hall–Kier alpha value is -1.36. The number of nitrogens with one attached hydrogen (secondary N) is 2. The molecule has 5 heteroatoms. The number of nitrogens with zero attached hydrogens (tertiary/aromatic N) is 2. The molecule has 110 valence electrons. The van der Waals surface area contributed by atoms with Gasteiger partial charge in [0.25, 0.3) is 0 Å². The molecule has 0 saturated heterocycles. The van der Waals surface area contributed by atoms with Crippen LogP contribution in [-0.2, 0) is 0 Å². The largest absolute Gasteiger partial charge is 0.366 e. The molecule has 0 radical (unpaired) electrons. The third-order valence-electron chi connectivity index (χ3n) is 5.77. The third kappa shape index (κ3) is 1.79. The zero-order valence-corrected chi connectivity index (χ0v) is 12.8. The number of rotatable bonds is 3. The molecule has 0 spiro atoms. The van der Waals surface area contributed by atoms with Crippen molar-refractivity contribution in [3.05, 3.63) is 11.9 Å². The maximum Gasteiger partial charge on any atom is 0.148 e. The Balaban J connectivity index is 1.92. The molecule has 0 amide bonds. The molecule has 3 unspecified atom stereocenters. The molecule has 2 fully saturated rings. The number of aromatic nitrogens is 2. The van der Waals surface area contributed by atoms with Gasteiger partial charge in [-0.25, -0.2) is 15.8 Å². The fourth-order valence-corrected chi connectivity index (χ4v) is 4.54. The van der Waals surface area contributed by atoms with Crippen molar-refractivity contribution in [1.82, 2.24) is 9.97 Å². The zero-order chi connectivity index (χ0) is 14.5. The van der Waals surface area contributed by atoms with Crippen molar-refractivity contribution < 1.29 is 0 Å². The van der Waals surface area contributed by atoms with Crippen LogP contribution in [0.25, 0.3) is 0 Å². The van der Waals surface area contributed by atoms with Crippen molar-refractivity contribution in [1.29, 1.82) is 0 Å². The first-order chi connectivity index (χ1) is 9.38. The normalized spacial score (nSPS) is 34.2. The lowest BCUT2D eigenvalue weighted by molar-refractivity contribution is 0.155. The first kappa shape index (κ1) is 13.6. The predicted molar refractivity (Wildman–Crippen MR) is 81.2 cm³/mol. The second-order valence-electron chi connectivity index (χ2n) is 7.33. The van der Waals surface area contributed by atoms with E-state index in [2.05, 4.69) is 41.5 Å². The van der Waals surface area contributed by atoms with Crippen molar-refractivity contribution in [2.75, 3.05) is 10.7 Å². The molecule has 20 heavy (non-hydrogen) atoms. The highest BCUT2D eigenvalue weighted by Crippen LogP contribution is 2.63. The molecule has 2 bridgehead atoms. The van der Waals surface area contributed by atoms with E-state index in [1.54, 1.807) is 6.33 Å². The summed E-state index contributed by atoms with van der Waals surface area (Å²) in [6, 6.07) is 0.452. The van der Waals surface area contributed by atoms with Crippen molar-refractivity contribution in [2.24, 2.45) is 22.6 Å². The summed E-state index contributed by atoms with van der Waals surface area (Å²) in [5.74, 6) is 7.91. The Labute approximate surface area is 120 Å². The van der Waals surface area contributed by atoms with Gasteiger partial charge in [0.15, 0.2) is 0 Å². The van der Waals surface area contributed by atoms with Crippen LogP contribution in [0, 0.1) is 23.7 Å². The smallest absolute Gasteiger partial charge is 0.148 e. The summed E-state index contributed by atoms with van der Waals surface area (Å²) in [6.07, 6.45) is 5.56. The van der Waals surface area contributed by atoms with Gasteiger partial charge in [-0.05, 0) is 42.9 Å². The van der Waals surface area contributed by atoms with E-state index in [4.69, 9.17) is 5.84 Å². The highest BCUT2D eigenvalue weighted by atomic mass is 15.3. The van der Waals surface area contributed by atoms with Gasteiger partial charge in [-0.3, -0.25) is 0 Å². The topological polar surface area (TPSA) is 75.9 Å². The lowest BCUT2D eigenvalue weighted by Crippen LogP contribution is -2.46. The number of hydrogen-bond acceptors (Lipinski definition) is 5. The van der Waals surface area contributed by atoms with Crippen molar-refractivity contribution >= 4 is 11.6 Å². The molecule has 3 rings (SSSR count). The highest BCUT2D eigenvalue weighted by Gasteiger charge is 2.59. The van der Waals surface area contributed by atoms with Crippen LogP contribution in [0.5, 0.6) is 0 Å². The quantitative estimate of drug-likeness (QED) is 0.584. The minimum Gasteiger partial charge on any atom is -0.366 e. The molecular weight excluding hydrogens is 250 g/mol. The molecule has 0 aromatic carbocycles. The second-order valence-corrected chi connectivity index (χ2v) is 7.33. The van der Waals surface area contributed by atoms with E-state index in [9.17, 15) is 0 Å². The summed E-state index contributed by atoms with van der Waals surface area (Å²) < 4.78 is 0. The molecule has 2 saturated carbocycles. The molecule has 1 aromatic heterocycles. The van der Waals surface area contributed by atoms with Crippen LogP contribution in [0.15, 0.2) is 6.33 Å². The number of hydrogen-bond donors (Lipinski definition) is 3. The van der Waals surface area contributed by atoms with Crippen LogP contribution >= 0.6 is 0 Å². The Morgan fingerprint density at radius 1 is 1.25 bits per heavy atom. The van der Waals surface area contributed by atoms with Gasteiger partial charge in [-0.1, -0.05) is 20.8 Å². The average molecular weight is 275 g/mol. The molecule has 5 nitrogen and oxygen atoms in total. The first-order valence-corrected chi connectivity index (χ1v) is 7.43. The fraction of sp³-hybridized carbons (Fsp3) is 0.733. The molecule has 1 aromatic rings.